The van der Waals surface area contributed by atoms with E-state index in [4.69, 9.17) is 20.0 Å². The van der Waals surface area contributed by atoms with Gasteiger partial charge in [0, 0.05) is 35.2 Å². The van der Waals surface area contributed by atoms with E-state index in [1.54, 1.807) is 60.7 Å². The number of methoxy groups -OCH3 is 1. The molecular weight excluding hydrogens is 511 g/mol. The number of anilines is 2. The van der Waals surface area contributed by atoms with Gasteiger partial charge in [-0.3, -0.25) is 9.59 Å². The third-order valence-electron chi connectivity index (χ3n) is 6.49. The van der Waals surface area contributed by atoms with Crippen LogP contribution in [0.2, 0.25) is 0 Å². The van der Waals surface area contributed by atoms with Crippen LogP contribution in [0.15, 0.2) is 84.9 Å². The van der Waals surface area contributed by atoms with Crippen molar-refractivity contribution < 1.29 is 23.5 Å². The number of nitrogens with zero attached hydrogens (tertiary/aromatic N) is 2. The van der Waals surface area contributed by atoms with E-state index in [1.165, 1.54) is 31.4 Å². The zero-order valence-electron chi connectivity index (χ0n) is 21.2. The molecule has 0 spiro atoms. The number of benzene rings is 4. The van der Waals surface area contributed by atoms with Gasteiger partial charge in [0.15, 0.2) is 23.1 Å². The Labute approximate surface area is 229 Å². The van der Waals surface area contributed by atoms with E-state index in [1.807, 2.05) is 6.07 Å². The van der Waals surface area contributed by atoms with Gasteiger partial charge in [-0.2, -0.15) is 10.5 Å². The van der Waals surface area contributed by atoms with Crippen molar-refractivity contribution in [1.29, 1.82) is 10.5 Å². The van der Waals surface area contributed by atoms with E-state index in [2.05, 4.69) is 16.7 Å². The molecule has 9 heteroatoms. The summed E-state index contributed by atoms with van der Waals surface area (Å²) in [5.74, 6) is -4.11. The zero-order chi connectivity index (χ0) is 28.3. The van der Waals surface area contributed by atoms with E-state index in [9.17, 15) is 9.59 Å². The molecule has 4 aromatic carbocycles. The molecule has 0 radical (unpaired) electrons. The van der Waals surface area contributed by atoms with Crippen molar-refractivity contribution in [1.82, 2.24) is 0 Å². The van der Waals surface area contributed by atoms with Crippen molar-refractivity contribution >= 4 is 22.9 Å². The number of fused-ring (bicyclic) bond motifs is 2. The summed E-state index contributed by atoms with van der Waals surface area (Å²) < 4.78 is 27.8. The van der Waals surface area contributed by atoms with E-state index >= 15 is 4.39 Å². The lowest BCUT2D eigenvalue weighted by atomic mass is 9.83. The van der Waals surface area contributed by atoms with Gasteiger partial charge in [0.1, 0.15) is 6.54 Å². The highest BCUT2D eigenvalue weighted by Crippen LogP contribution is 2.35. The third kappa shape index (κ3) is 4.85. The highest BCUT2D eigenvalue weighted by molar-refractivity contribution is 6.28. The minimum Gasteiger partial charge on any atom is -0.440 e. The maximum absolute atomic E-state index is 16.0. The molecule has 0 saturated carbocycles. The molecule has 4 aromatic rings. The van der Waals surface area contributed by atoms with Crippen LogP contribution in [0.1, 0.15) is 43.0 Å². The van der Waals surface area contributed by atoms with Crippen LogP contribution in [0.3, 0.4) is 0 Å². The second-order valence-corrected chi connectivity index (χ2v) is 8.92. The molecule has 1 unspecified atom stereocenters. The smallest absolute Gasteiger partial charge is 0.310 e. The number of ether oxygens (including phenoxy) is 2. The fraction of sp³-hybridized carbons (Fsp3) is 0.0968. The van der Waals surface area contributed by atoms with Crippen LogP contribution in [0.4, 0.5) is 15.8 Å². The van der Waals surface area contributed by atoms with Crippen LogP contribution in [0.5, 0.6) is 5.75 Å². The minimum atomic E-state index is -1.73. The van der Waals surface area contributed by atoms with Crippen LogP contribution in [-0.2, 0) is 4.74 Å². The Kier molecular flexibility index (Phi) is 6.98. The number of hydrogen-bond donors (Lipinski definition) is 2. The first-order valence-corrected chi connectivity index (χ1v) is 12.2. The molecule has 196 valence electrons. The van der Waals surface area contributed by atoms with Crippen molar-refractivity contribution in [2.24, 2.45) is 0 Å². The monoisotopic (exact) mass is 532 g/mol. The first kappa shape index (κ1) is 26.1. The standard InChI is InChI=1S/C31H21FN4O4/c1-39-31(36-22-12-8-20(17-34)9-13-22,18-35-21-10-6-19(16-33)7-11-21)40-26-15-14-25-27(28(26)32)30(38)24-5-3-2-4-23(24)29(25)37/h2-15,35-36H,18H2,1H3. The van der Waals surface area contributed by atoms with Gasteiger partial charge in [0.05, 0.1) is 28.8 Å². The lowest BCUT2D eigenvalue weighted by Crippen LogP contribution is -2.52. The summed E-state index contributed by atoms with van der Waals surface area (Å²) >= 11 is 0. The summed E-state index contributed by atoms with van der Waals surface area (Å²) in [5, 5.41) is 24.4. The molecule has 1 atom stereocenters. The average Bonchev–Trinajstić information content (AvgIpc) is 3.00. The highest BCUT2D eigenvalue weighted by Gasteiger charge is 2.37. The Morgan fingerprint density at radius 1 is 0.775 bits per heavy atom. The molecule has 1 aliphatic rings. The van der Waals surface area contributed by atoms with Crippen LogP contribution in [-0.4, -0.2) is 31.1 Å². The molecule has 0 amide bonds. The summed E-state index contributed by atoms with van der Waals surface area (Å²) in [6, 6.07) is 26.1. The maximum atomic E-state index is 16.0. The quantitative estimate of drug-likeness (QED) is 0.260. The van der Waals surface area contributed by atoms with E-state index in [0.717, 1.165) is 0 Å². The number of halogens is 1. The zero-order valence-corrected chi connectivity index (χ0v) is 21.2. The largest absolute Gasteiger partial charge is 0.440 e. The minimum absolute atomic E-state index is 0.0488. The van der Waals surface area contributed by atoms with Crippen LogP contribution < -0.4 is 15.4 Å². The van der Waals surface area contributed by atoms with Gasteiger partial charge in [-0.25, -0.2) is 4.39 Å². The van der Waals surface area contributed by atoms with Crippen molar-refractivity contribution in [3.8, 4) is 17.9 Å². The average molecular weight is 533 g/mol. The Morgan fingerprint density at radius 2 is 1.35 bits per heavy atom. The van der Waals surface area contributed by atoms with Crippen LogP contribution in [0, 0.1) is 28.5 Å². The van der Waals surface area contributed by atoms with Crippen molar-refractivity contribution in [2.75, 3.05) is 24.3 Å². The molecule has 0 saturated heterocycles. The molecule has 5 rings (SSSR count). The second kappa shape index (κ2) is 10.7. The van der Waals surface area contributed by atoms with E-state index in [-0.39, 0.29) is 34.5 Å². The number of nitrogens with one attached hydrogen (secondary N) is 2. The number of nitriles is 2. The van der Waals surface area contributed by atoms with Crippen molar-refractivity contribution in [3.63, 3.8) is 0 Å². The molecule has 0 aliphatic heterocycles. The van der Waals surface area contributed by atoms with Gasteiger partial charge >= 0.3 is 5.91 Å². The second-order valence-electron chi connectivity index (χ2n) is 8.92. The van der Waals surface area contributed by atoms with Crippen molar-refractivity contribution in [3.05, 3.63) is 124 Å². The lowest BCUT2D eigenvalue weighted by Gasteiger charge is -2.35. The summed E-state index contributed by atoms with van der Waals surface area (Å²) in [6.07, 6.45) is 0. The Morgan fingerprint density at radius 3 is 1.93 bits per heavy atom. The summed E-state index contributed by atoms with van der Waals surface area (Å²) in [7, 11) is 1.36. The third-order valence-corrected chi connectivity index (χ3v) is 6.49. The maximum Gasteiger partial charge on any atom is 0.310 e. The number of carbonyl (C=O) groups excluding carboxylic acids is 2. The van der Waals surface area contributed by atoms with Crippen LogP contribution >= 0.6 is 0 Å². The molecule has 0 bridgehead atoms. The summed E-state index contributed by atoms with van der Waals surface area (Å²) in [5.41, 5.74) is 1.97. The molecule has 0 aromatic heterocycles. The van der Waals surface area contributed by atoms with Crippen molar-refractivity contribution in [2.45, 2.75) is 5.91 Å². The van der Waals surface area contributed by atoms with Gasteiger partial charge in [-0.05, 0) is 60.7 Å². The number of hydrogen-bond acceptors (Lipinski definition) is 8. The predicted molar refractivity (Wildman–Crippen MR) is 145 cm³/mol. The molecule has 8 nitrogen and oxygen atoms in total. The first-order valence-electron chi connectivity index (χ1n) is 12.2. The van der Waals surface area contributed by atoms with Gasteiger partial charge < -0.3 is 20.1 Å². The van der Waals surface area contributed by atoms with Gasteiger partial charge in [-0.15, -0.1) is 0 Å². The topological polar surface area (TPSA) is 124 Å². The Bertz CT molecular complexity index is 1710. The lowest BCUT2D eigenvalue weighted by molar-refractivity contribution is -0.131. The fourth-order valence-electron chi connectivity index (χ4n) is 4.38. The number of rotatable bonds is 8. The molecule has 0 fully saturated rings. The predicted octanol–water partition coefficient (Wildman–Crippen LogP) is 5.25. The normalized spacial score (nSPS) is 13.2. The summed E-state index contributed by atoms with van der Waals surface area (Å²) in [6.45, 7) is -0.0678. The molecular formula is C31H21FN4O4. The molecule has 40 heavy (non-hydrogen) atoms. The number of carbonyl (C=O) groups is 2. The number of ketones is 2. The highest BCUT2D eigenvalue weighted by atomic mass is 19.1. The SMILES string of the molecule is COC(CNc1ccc(C#N)cc1)(Nc1ccc(C#N)cc1)Oc1ccc2c(c1F)C(=O)c1ccccc1C2=O. The summed E-state index contributed by atoms with van der Waals surface area (Å²) in [4.78, 5) is 26.2. The first-order chi connectivity index (χ1) is 19.4. The Balaban J connectivity index is 1.51. The van der Waals surface area contributed by atoms with E-state index in [0.29, 0.717) is 22.5 Å². The molecule has 2 N–H and O–H groups in total. The van der Waals surface area contributed by atoms with Gasteiger partial charge in [0.2, 0.25) is 0 Å². The van der Waals surface area contributed by atoms with Crippen LogP contribution in [0.25, 0.3) is 0 Å². The fourth-order valence-corrected chi connectivity index (χ4v) is 4.38. The van der Waals surface area contributed by atoms with E-state index < -0.39 is 23.3 Å². The van der Waals surface area contributed by atoms with Gasteiger partial charge in [0.25, 0.3) is 0 Å². The molecule has 0 heterocycles. The van der Waals surface area contributed by atoms with Gasteiger partial charge in [-0.1, -0.05) is 24.3 Å². The molecule has 1 aliphatic carbocycles. The Hall–Kier alpha value is -5.51.